The summed E-state index contributed by atoms with van der Waals surface area (Å²) in [7, 11) is 0. The maximum absolute atomic E-state index is 14.1. The smallest absolute Gasteiger partial charge is 0.273 e. The van der Waals surface area contributed by atoms with Crippen LogP contribution >= 0.6 is 0 Å². The summed E-state index contributed by atoms with van der Waals surface area (Å²) >= 11 is 0. The highest BCUT2D eigenvalue weighted by Gasteiger charge is 2.35. The minimum atomic E-state index is -0.734. The number of nitro groups is 1. The predicted octanol–water partition coefficient (Wildman–Crippen LogP) is 2.83. The summed E-state index contributed by atoms with van der Waals surface area (Å²) in [5.41, 5.74) is -0.0422. The highest BCUT2D eigenvalue weighted by atomic mass is 19.1. The summed E-state index contributed by atoms with van der Waals surface area (Å²) in [4.78, 5) is 47.9. The molecule has 1 fully saturated rings. The van der Waals surface area contributed by atoms with Crippen molar-refractivity contribution in [3.63, 3.8) is 0 Å². The zero-order valence-electron chi connectivity index (χ0n) is 14.7. The predicted molar refractivity (Wildman–Crippen MR) is 95.1 cm³/mol. The van der Waals surface area contributed by atoms with Crippen molar-refractivity contribution in [3.05, 3.63) is 75.6 Å². The fourth-order valence-corrected chi connectivity index (χ4v) is 2.91. The zero-order valence-corrected chi connectivity index (χ0v) is 14.7. The van der Waals surface area contributed by atoms with Gasteiger partial charge in [0.05, 0.1) is 11.5 Å². The topological polar surface area (TPSA) is 101 Å². The third-order valence-electron chi connectivity index (χ3n) is 4.33. The molecule has 1 aliphatic rings. The number of carbonyl (C=O) groups excluding carboxylic acids is 3. The quantitative estimate of drug-likeness (QED) is 0.447. The van der Waals surface area contributed by atoms with Crippen molar-refractivity contribution in [3.8, 4) is 0 Å². The number of halogens is 1. The second-order valence-corrected chi connectivity index (χ2v) is 6.21. The van der Waals surface area contributed by atoms with Gasteiger partial charge in [0.25, 0.3) is 11.6 Å². The van der Waals surface area contributed by atoms with Gasteiger partial charge in [0, 0.05) is 36.1 Å². The number of nitrogens with zero attached hydrogens (tertiary/aromatic N) is 3. The number of imide groups is 1. The van der Waals surface area contributed by atoms with Crippen LogP contribution in [0.25, 0.3) is 0 Å². The second-order valence-electron chi connectivity index (χ2n) is 6.21. The second kappa shape index (κ2) is 7.95. The van der Waals surface area contributed by atoms with E-state index in [2.05, 4.69) is 0 Å². The molecule has 0 atom stereocenters. The standard InChI is InChI=1S/C19H16FN3O5/c20-16-5-2-1-4-14(16)12-21(22-17(24)6-3-7-18(22)25)19(26)13-8-10-15(11-9-13)23(27)28/h1-2,4-5,8-11H,3,6-7,12H2. The molecule has 2 aromatic rings. The summed E-state index contributed by atoms with van der Waals surface area (Å²) < 4.78 is 14.1. The van der Waals surface area contributed by atoms with Gasteiger partial charge in [0.2, 0.25) is 11.8 Å². The van der Waals surface area contributed by atoms with E-state index in [0.717, 1.165) is 22.2 Å². The Hall–Kier alpha value is -3.62. The average molecular weight is 385 g/mol. The fraction of sp³-hybridized carbons (Fsp3) is 0.211. The van der Waals surface area contributed by atoms with Gasteiger partial charge >= 0.3 is 0 Å². The first-order valence-electron chi connectivity index (χ1n) is 8.54. The van der Waals surface area contributed by atoms with Crippen LogP contribution in [0.4, 0.5) is 10.1 Å². The van der Waals surface area contributed by atoms with Crippen LogP contribution in [0.3, 0.4) is 0 Å². The number of hydrogen-bond acceptors (Lipinski definition) is 5. The van der Waals surface area contributed by atoms with Gasteiger partial charge in [-0.15, -0.1) is 0 Å². The van der Waals surface area contributed by atoms with Crippen molar-refractivity contribution in [2.24, 2.45) is 0 Å². The number of hydrazine groups is 1. The molecule has 28 heavy (non-hydrogen) atoms. The van der Waals surface area contributed by atoms with E-state index in [1.165, 1.54) is 30.3 Å². The maximum atomic E-state index is 14.1. The fourth-order valence-electron chi connectivity index (χ4n) is 2.91. The first-order valence-corrected chi connectivity index (χ1v) is 8.54. The first kappa shape index (κ1) is 19.2. The summed E-state index contributed by atoms with van der Waals surface area (Å²) in [6.07, 6.45) is 0.563. The van der Waals surface area contributed by atoms with Crippen LogP contribution in [0.15, 0.2) is 48.5 Å². The van der Waals surface area contributed by atoms with Crippen LogP contribution in [0.2, 0.25) is 0 Å². The minimum Gasteiger partial charge on any atom is -0.273 e. The van der Waals surface area contributed by atoms with E-state index in [4.69, 9.17) is 0 Å². The van der Waals surface area contributed by atoms with Gasteiger partial charge in [-0.05, 0) is 24.6 Å². The van der Waals surface area contributed by atoms with E-state index in [1.807, 2.05) is 0 Å². The maximum Gasteiger partial charge on any atom is 0.273 e. The number of amides is 3. The largest absolute Gasteiger partial charge is 0.273 e. The third-order valence-corrected chi connectivity index (χ3v) is 4.33. The lowest BCUT2D eigenvalue weighted by Gasteiger charge is -2.35. The lowest BCUT2D eigenvalue weighted by molar-refractivity contribution is -0.384. The molecule has 3 amide bonds. The Kier molecular flexibility index (Phi) is 5.44. The van der Waals surface area contributed by atoms with Gasteiger partial charge in [-0.2, -0.15) is 5.01 Å². The van der Waals surface area contributed by atoms with Gasteiger partial charge in [-0.1, -0.05) is 18.2 Å². The van der Waals surface area contributed by atoms with E-state index in [9.17, 15) is 28.9 Å². The van der Waals surface area contributed by atoms with Gasteiger partial charge in [-0.3, -0.25) is 24.5 Å². The molecule has 144 valence electrons. The highest BCUT2D eigenvalue weighted by molar-refractivity contribution is 6.02. The zero-order chi connectivity index (χ0) is 20.3. The van der Waals surface area contributed by atoms with E-state index >= 15 is 0 Å². The van der Waals surface area contributed by atoms with Crippen LogP contribution in [0.5, 0.6) is 0 Å². The number of non-ortho nitro benzene ring substituents is 1. The van der Waals surface area contributed by atoms with Gasteiger partial charge in [0.15, 0.2) is 0 Å². The molecular formula is C19H16FN3O5. The highest BCUT2D eigenvalue weighted by Crippen LogP contribution is 2.22. The van der Waals surface area contributed by atoms with Crippen molar-refractivity contribution in [1.82, 2.24) is 10.0 Å². The lowest BCUT2D eigenvalue weighted by atomic mass is 10.1. The number of nitro benzene ring substituents is 1. The molecule has 0 radical (unpaired) electrons. The molecule has 0 bridgehead atoms. The normalized spacial score (nSPS) is 14.1. The Morgan fingerprint density at radius 2 is 1.68 bits per heavy atom. The molecule has 0 saturated carbocycles. The number of piperidine rings is 1. The number of carbonyl (C=O) groups is 3. The summed E-state index contributed by atoms with van der Waals surface area (Å²) in [6.45, 7) is -0.333. The summed E-state index contributed by atoms with van der Waals surface area (Å²) in [6, 6.07) is 10.5. The molecule has 9 heteroatoms. The summed E-state index contributed by atoms with van der Waals surface area (Å²) in [5.74, 6) is -2.42. The first-order chi connectivity index (χ1) is 13.4. The van der Waals surface area contributed by atoms with Crippen molar-refractivity contribution >= 4 is 23.4 Å². The number of benzene rings is 2. The number of hydrogen-bond donors (Lipinski definition) is 0. The van der Waals surface area contributed by atoms with Crippen LogP contribution in [0, 0.1) is 15.9 Å². The lowest BCUT2D eigenvalue weighted by Crippen LogP contribution is -2.54. The Labute approximate surface area is 159 Å². The molecule has 0 aromatic heterocycles. The molecule has 0 spiro atoms. The van der Waals surface area contributed by atoms with Crippen molar-refractivity contribution in [2.45, 2.75) is 25.8 Å². The van der Waals surface area contributed by atoms with Crippen LogP contribution in [0.1, 0.15) is 35.2 Å². The molecule has 8 nitrogen and oxygen atoms in total. The summed E-state index contributed by atoms with van der Waals surface area (Å²) in [5, 5.41) is 12.4. The van der Waals surface area contributed by atoms with Crippen molar-refractivity contribution < 1.29 is 23.7 Å². The van der Waals surface area contributed by atoms with E-state index in [1.54, 1.807) is 6.07 Å². The average Bonchev–Trinajstić information content (AvgIpc) is 2.68. The Balaban J connectivity index is 1.98. The van der Waals surface area contributed by atoms with Crippen molar-refractivity contribution in [2.75, 3.05) is 0 Å². The van der Waals surface area contributed by atoms with Gasteiger partial charge < -0.3 is 0 Å². The third kappa shape index (κ3) is 3.88. The minimum absolute atomic E-state index is 0.0353. The Morgan fingerprint density at radius 1 is 1.07 bits per heavy atom. The molecule has 0 aliphatic carbocycles. The molecule has 2 aromatic carbocycles. The molecule has 0 unspecified atom stereocenters. The molecule has 1 heterocycles. The SMILES string of the molecule is O=C(c1ccc([N+](=O)[O-])cc1)N(Cc1ccccc1F)N1C(=O)CCCC1=O. The van der Waals surface area contributed by atoms with Crippen LogP contribution in [-0.2, 0) is 16.1 Å². The van der Waals surface area contributed by atoms with Gasteiger partial charge in [0.1, 0.15) is 5.82 Å². The molecule has 1 aliphatic heterocycles. The van der Waals surface area contributed by atoms with Crippen LogP contribution in [-0.4, -0.2) is 32.7 Å². The van der Waals surface area contributed by atoms with Crippen molar-refractivity contribution in [1.29, 1.82) is 0 Å². The Morgan fingerprint density at radius 3 is 2.25 bits per heavy atom. The monoisotopic (exact) mass is 385 g/mol. The Bertz CT molecular complexity index is 929. The van der Waals surface area contributed by atoms with E-state index in [-0.39, 0.29) is 36.2 Å². The van der Waals surface area contributed by atoms with Crippen LogP contribution < -0.4 is 0 Å². The van der Waals surface area contributed by atoms with E-state index < -0.39 is 28.5 Å². The molecule has 0 N–H and O–H groups in total. The molecule has 3 rings (SSSR count). The van der Waals surface area contributed by atoms with Gasteiger partial charge in [-0.25, -0.2) is 9.40 Å². The molecular weight excluding hydrogens is 369 g/mol. The number of rotatable bonds is 5. The van der Waals surface area contributed by atoms with E-state index in [0.29, 0.717) is 6.42 Å². The molecule has 1 saturated heterocycles.